The molecule has 1 aliphatic carbocycles. The van der Waals surface area contributed by atoms with E-state index in [1.165, 1.54) is 28.3 Å². The maximum atomic E-state index is 13.7. The summed E-state index contributed by atoms with van der Waals surface area (Å²) in [7, 11) is 0. The van der Waals surface area contributed by atoms with Crippen molar-refractivity contribution in [2.75, 3.05) is 0 Å². The largest absolute Gasteiger partial charge is 0.487 e. The maximum Gasteiger partial charge on any atom is 0.273 e. The van der Waals surface area contributed by atoms with Crippen molar-refractivity contribution in [3.8, 4) is 11.4 Å². The Hall–Kier alpha value is -3.74. The molecule has 0 radical (unpaired) electrons. The van der Waals surface area contributed by atoms with E-state index < -0.39 is 11.7 Å². The molecule has 0 saturated heterocycles. The molecular formula is C37H39ClN2O4. The van der Waals surface area contributed by atoms with Crippen LogP contribution in [-0.4, -0.2) is 32.4 Å². The summed E-state index contributed by atoms with van der Waals surface area (Å²) in [6.07, 6.45) is 6.52. The van der Waals surface area contributed by atoms with Gasteiger partial charge in [-0.3, -0.25) is 9.59 Å². The minimum Gasteiger partial charge on any atom is -0.487 e. The van der Waals surface area contributed by atoms with Gasteiger partial charge >= 0.3 is 0 Å². The number of rotatable bonds is 11. The summed E-state index contributed by atoms with van der Waals surface area (Å²) in [4.78, 5) is 26.4. The minimum atomic E-state index is -0.712. The number of aryl methyl sites for hydroxylation is 1. The summed E-state index contributed by atoms with van der Waals surface area (Å²) in [5.74, 6) is 0.632. The molecule has 2 aliphatic rings. The van der Waals surface area contributed by atoms with Gasteiger partial charge in [0.05, 0.1) is 16.8 Å². The summed E-state index contributed by atoms with van der Waals surface area (Å²) in [5, 5.41) is 16.1. The van der Waals surface area contributed by atoms with E-state index in [-0.39, 0.29) is 34.4 Å². The third kappa shape index (κ3) is 6.52. The lowest BCUT2D eigenvalue weighted by molar-refractivity contribution is -0.0359. The number of benzene rings is 3. The number of ketones is 1. The van der Waals surface area contributed by atoms with E-state index >= 15 is 0 Å². The normalized spacial score (nSPS) is 18.1. The van der Waals surface area contributed by atoms with E-state index in [2.05, 4.69) is 30.2 Å². The quantitative estimate of drug-likeness (QED) is 0.178. The fraction of sp³-hybridized carbons (Fsp3) is 0.378. The fourth-order valence-corrected chi connectivity index (χ4v) is 7.02. The number of ether oxygens (including phenoxy) is 1. The first-order valence-electron chi connectivity index (χ1n) is 15.8. The molecule has 6 nitrogen and oxygen atoms in total. The van der Waals surface area contributed by atoms with Gasteiger partial charge in [0.1, 0.15) is 17.0 Å². The van der Waals surface area contributed by atoms with Gasteiger partial charge in [0.15, 0.2) is 5.78 Å². The standard InChI is InChI=1S/C37H39ClN2O4/c1-2-25-14-17-34-30(21-25)27(24-37(44-34)18-9-19-37)15-16-32(41)28(20-26-10-5-3-6-11-26)22-33(42)36-31(38)23-35(43)40(39-36)29-12-7-4-8-13-29/h3-8,10-14,17,21,23,27-28,32,41H,2,9,15-16,18-20,22,24H2,1H3/t27-,28+,32+/m0/s1. The van der Waals surface area contributed by atoms with E-state index in [9.17, 15) is 14.7 Å². The molecule has 1 spiro atoms. The predicted octanol–water partition coefficient (Wildman–Crippen LogP) is 7.51. The molecule has 0 unspecified atom stereocenters. The van der Waals surface area contributed by atoms with Gasteiger partial charge in [0.2, 0.25) is 0 Å². The van der Waals surface area contributed by atoms with E-state index in [4.69, 9.17) is 16.3 Å². The number of hydrogen-bond acceptors (Lipinski definition) is 5. The van der Waals surface area contributed by atoms with Crippen LogP contribution in [-0.2, 0) is 12.8 Å². The Morgan fingerprint density at radius 1 is 1.05 bits per heavy atom. The van der Waals surface area contributed by atoms with Crippen LogP contribution in [0.25, 0.3) is 5.69 Å². The van der Waals surface area contributed by atoms with E-state index in [0.29, 0.717) is 24.4 Å². The lowest BCUT2D eigenvalue weighted by Gasteiger charge is -2.48. The monoisotopic (exact) mass is 610 g/mol. The number of nitrogens with zero attached hydrogens (tertiary/aromatic N) is 2. The van der Waals surface area contributed by atoms with Crippen molar-refractivity contribution in [1.82, 2.24) is 9.78 Å². The van der Waals surface area contributed by atoms with Crippen LogP contribution in [0.1, 0.15) is 85.0 Å². The van der Waals surface area contributed by atoms with Crippen LogP contribution >= 0.6 is 11.6 Å². The third-order valence-corrected chi connectivity index (χ3v) is 9.71. The van der Waals surface area contributed by atoms with Gasteiger partial charge in [-0.05, 0) is 98.1 Å². The molecule has 7 heteroatoms. The van der Waals surface area contributed by atoms with Crippen molar-refractivity contribution in [3.05, 3.63) is 123 Å². The van der Waals surface area contributed by atoms with Gasteiger partial charge < -0.3 is 9.84 Å². The number of halogens is 1. The molecule has 44 heavy (non-hydrogen) atoms. The number of hydrogen-bond donors (Lipinski definition) is 1. The van der Waals surface area contributed by atoms with E-state index in [1.807, 2.05) is 36.4 Å². The number of aliphatic hydroxyl groups is 1. The number of carbonyl (C=O) groups is 1. The zero-order valence-electron chi connectivity index (χ0n) is 25.1. The number of para-hydroxylation sites is 1. The van der Waals surface area contributed by atoms with E-state index in [1.54, 1.807) is 24.3 Å². The first-order valence-corrected chi connectivity index (χ1v) is 16.1. The first-order chi connectivity index (χ1) is 21.3. The third-order valence-electron chi connectivity index (χ3n) is 9.43. The Bertz CT molecular complexity index is 1670. The highest BCUT2D eigenvalue weighted by atomic mass is 35.5. The molecule has 2 heterocycles. The molecule has 0 amide bonds. The summed E-state index contributed by atoms with van der Waals surface area (Å²) in [5.41, 5.74) is 3.68. The zero-order chi connectivity index (χ0) is 30.7. The number of Topliss-reactive ketones (excluding diaryl/α,β-unsaturated/α-hetero) is 1. The highest BCUT2D eigenvalue weighted by molar-refractivity contribution is 6.33. The Morgan fingerprint density at radius 3 is 2.45 bits per heavy atom. The van der Waals surface area contributed by atoms with Crippen LogP contribution in [0.4, 0.5) is 0 Å². The molecule has 1 N–H and O–H groups in total. The SMILES string of the molecule is CCc1ccc2c(c1)[C@@H](CC[C@@H](O)[C@@H](CC(=O)c1nn(-c3ccccc3)c(=O)cc1Cl)Cc1ccccc1)CC1(CCC1)O2. The second-order valence-corrected chi connectivity index (χ2v) is 12.8. The van der Waals surface area contributed by atoms with Crippen molar-refractivity contribution in [3.63, 3.8) is 0 Å². The number of fused-ring (bicyclic) bond motifs is 1. The molecule has 6 rings (SSSR count). The van der Waals surface area contributed by atoms with Crippen molar-refractivity contribution in [2.24, 2.45) is 5.92 Å². The van der Waals surface area contributed by atoms with Crippen LogP contribution in [0.15, 0.2) is 89.7 Å². The van der Waals surface area contributed by atoms with Crippen molar-refractivity contribution < 1.29 is 14.6 Å². The minimum absolute atomic E-state index is 0.0245. The van der Waals surface area contributed by atoms with Crippen LogP contribution in [0.3, 0.4) is 0 Å². The molecule has 4 aromatic rings. The first kappa shape index (κ1) is 30.3. The number of aliphatic hydroxyl groups excluding tert-OH is 1. The molecule has 228 valence electrons. The van der Waals surface area contributed by atoms with Gasteiger partial charge in [0, 0.05) is 12.5 Å². The Balaban J connectivity index is 1.23. The van der Waals surface area contributed by atoms with Crippen LogP contribution in [0, 0.1) is 5.92 Å². The molecule has 1 fully saturated rings. The summed E-state index contributed by atoms with van der Waals surface area (Å²) in [6.45, 7) is 2.16. The molecule has 3 aromatic carbocycles. The van der Waals surface area contributed by atoms with Gasteiger partial charge in [-0.2, -0.15) is 9.78 Å². The average molecular weight is 611 g/mol. The van der Waals surface area contributed by atoms with Crippen molar-refractivity contribution >= 4 is 17.4 Å². The maximum absolute atomic E-state index is 13.7. The lowest BCUT2D eigenvalue weighted by Crippen LogP contribution is -2.47. The Labute approximate surface area is 263 Å². The summed E-state index contributed by atoms with van der Waals surface area (Å²) in [6, 6.07) is 26.7. The Kier molecular flexibility index (Phi) is 9.01. The predicted molar refractivity (Wildman–Crippen MR) is 173 cm³/mol. The van der Waals surface area contributed by atoms with Crippen LogP contribution < -0.4 is 10.3 Å². The zero-order valence-corrected chi connectivity index (χ0v) is 25.9. The van der Waals surface area contributed by atoms with Gasteiger partial charge in [-0.15, -0.1) is 0 Å². The average Bonchev–Trinajstić information content (AvgIpc) is 3.03. The highest BCUT2D eigenvalue weighted by Crippen LogP contribution is 2.51. The summed E-state index contributed by atoms with van der Waals surface area (Å²) >= 11 is 6.42. The molecule has 0 bridgehead atoms. The van der Waals surface area contributed by atoms with E-state index in [0.717, 1.165) is 43.4 Å². The number of carbonyl (C=O) groups excluding carboxylic acids is 1. The van der Waals surface area contributed by atoms with Crippen molar-refractivity contribution in [2.45, 2.75) is 82.3 Å². The smallest absolute Gasteiger partial charge is 0.273 e. The molecule has 1 aromatic heterocycles. The molecule has 1 saturated carbocycles. The Morgan fingerprint density at radius 2 is 1.77 bits per heavy atom. The molecular weight excluding hydrogens is 572 g/mol. The van der Waals surface area contributed by atoms with Crippen molar-refractivity contribution in [1.29, 1.82) is 0 Å². The second-order valence-electron chi connectivity index (χ2n) is 12.4. The molecule has 3 atom stereocenters. The second kappa shape index (κ2) is 13.1. The van der Waals surface area contributed by atoms with Gasteiger partial charge in [-0.25, -0.2) is 0 Å². The topological polar surface area (TPSA) is 81.4 Å². The van der Waals surface area contributed by atoms with Crippen LogP contribution in [0.5, 0.6) is 5.75 Å². The van der Waals surface area contributed by atoms with Crippen LogP contribution in [0.2, 0.25) is 5.02 Å². The molecule has 1 aliphatic heterocycles. The highest BCUT2D eigenvalue weighted by Gasteiger charge is 2.45. The summed E-state index contributed by atoms with van der Waals surface area (Å²) < 4.78 is 7.73. The van der Waals surface area contributed by atoms with Gasteiger partial charge in [-0.1, -0.05) is 79.2 Å². The fourth-order valence-electron chi connectivity index (χ4n) is 6.78. The number of aromatic nitrogens is 2. The van der Waals surface area contributed by atoms with Gasteiger partial charge in [0.25, 0.3) is 5.56 Å². The lowest BCUT2D eigenvalue weighted by atomic mass is 9.69.